The molecule has 4 rings (SSSR count). The van der Waals surface area contributed by atoms with E-state index in [9.17, 15) is 9.59 Å². The molecule has 0 fully saturated rings. The number of rotatable bonds is 7. The van der Waals surface area contributed by atoms with E-state index in [1.54, 1.807) is 0 Å². The average Bonchev–Trinajstić information content (AvgIpc) is 3.32. The van der Waals surface area contributed by atoms with Gasteiger partial charge in [0.15, 0.2) is 0 Å². The van der Waals surface area contributed by atoms with E-state index >= 15 is 0 Å². The fourth-order valence-corrected chi connectivity index (χ4v) is 5.60. The van der Waals surface area contributed by atoms with Gasteiger partial charge in [-0.25, -0.2) is 4.79 Å². The molecule has 0 atom stereocenters. The van der Waals surface area contributed by atoms with Gasteiger partial charge in [0.2, 0.25) is 0 Å². The molecular formula is C28H30N2O4S. The smallest absolute Gasteiger partial charge is 0.341 e. The van der Waals surface area contributed by atoms with Gasteiger partial charge in [-0.15, -0.1) is 11.3 Å². The third-order valence-corrected chi connectivity index (χ3v) is 7.19. The molecule has 0 saturated carbocycles. The minimum absolute atomic E-state index is 0.264. The molecule has 35 heavy (non-hydrogen) atoms. The topological polar surface area (TPSA) is 69.6 Å². The molecule has 0 saturated heterocycles. The van der Waals surface area contributed by atoms with Crippen LogP contribution < -0.4 is 10.1 Å². The zero-order valence-corrected chi connectivity index (χ0v) is 21.8. The molecule has 0 aliphatic heterocycles. The van der Waals surface area contributed by atoms with Crippen LogP contribution in [0.2, 0.25) is 0 Å². The van der Waals surface area contributed by atoms with Crippen LogP contribution in [0.4, 0.5) is 5.00 Å². The minimum Gasteiger partial charge on any atom is -0.494 e. The highest BCUT2D eigenvalue weighted by Crippen LogP contribution is 2.41. The van der Waals surface area contributed by atoms with Crippen molar-refractivity contribution in [1.29, 1.82) is 0 Å². The summed E-state index contributed by atoms with van der Waals surface area (Å²) in [7, 11) is 1.36. The number of hydrogen-bond donors (Lipinski definition) is 1. The lowest BCUT2D eigenvalue weighted by atomic mass is 10.0. The van der Waals surface area contributed by atoms with Crippen molar-refractivity contribution in [1.82, 2.24) is 4.57 Å². The third-order valence-electron chi connectivity index (χ3n) is 6.17. The predicted octanol–water partition coefficient (Wildman–Crippen LogP) is 6.75. The summed E-state index contributed by atoms with van der Waals surface area (Å²) >= 11 is 1.38. The summed E-state index contributed by atoms with van der Waals surface area (Å²) in [6.07, 6.45) is 0. The van der Waals surface area contributed by atoms with Crippen LogP contribution in [0, 0.1) is 20.8 Å². The van der Waals surface area contributed by atoms with Gasteiger partial charge < -0.3 is 19.4 Å². The summed E-state index contributed by atoms with van der Waals surface area (Å²) in [5, 5.41) is 4.48. The number of nitrogens with one attached hydrogen (secondary N) is 1. The van der Waals surface area contributed by atoms with Crippen molar-refractivity contribution < 1.29 is 19.1 Å². The summed E-state index contributed by atoms with van der Waals surface area (Å²) in [5.74, 6) is 0.0302. The first-order chi connectivity index (χ1) is 16.8. The molecule has 2 aromatic carbocycles. The van der Waals surface area contributed by atoms with Crippen molar-refractivity contribution in [3.63, 3.8) is 0 Å². The van der Waals surface area contributed by atoms with Crippen LogP contribution in [0.25, 0.3) is 22.0 Å². The molecule has 0 bridgehead atoms. The van der Waals surface area contributed by atoms with Crippen LogP contribution in [0.5, 0.6) is 5.75 Å². The van der Waals surface area contributed by atoms with Crippen LogP contribution in [0.3, 0.4) is 0 Å². The summed E-state index contributed by atoms with van der Waals surface area (Å²) in [4.78, 5) is 27.5. The number of hydrogen-bond acceptors (Lipinski definition) is 5. The number of anilines is 1. The average molecular weight is 491 g/mol. The van der Waals surface area contributed by atoms with Gasteiger partial charge in [-0.05, 0) is 63.9 Å². The number of amides is 1. The number of carbonyl (C=O) groups excluding carboxylic acids is 2. The Bertz CT molecular complexity index is 1410. The van der Waals surface area contributed by atoms with Crippen molar-refractivity contribution in [2.45, 2.75) is 41.2 Å². The van der Waals surface area contributed by atoms with Crippen molar-refractivity contribution in [3.8, 4) is 16.9 Å². The van der Waals surface area contributed by atoms with E-state index in [0.717, 1.165) is 43.8 Å². The molecule has 0 unspecified atom stereocenters. The molecule has 0 spiro atoms. The monoisotopic (exact) mass is 490 g/mol. The highest BCUT2D eigenvalue weighted by Gasteiger charge is 2.27. The maximum atomic E-state index is 13.7. The van der Waals surface area contributed by atoms with Crippen LogP contribution in [-0.4, -0.2) is 30.2 Å². The number of thiophene rings is 1. The molecule has 0 radical (unpaired) electrons. The lowest BCUT2D eigenvalue weighted by molar-refractivity contribution is 0.0603. The van der Waals surface area contributed by atoms with Crippen molar-refractivity contribution in [3.05, 3.63) is 69.7 Å². The second kappa shape index (κ2) is 9.96. The number of ether oxygens (including phenoxy) is 2. The summed E-state index contributed by atoms with van der Waals surface area (Å²) < 4.78 is 12.8. The number of aromatic nitrogens is 1. The van der Waals surface area contributed by atoms with Crippen molar-refractivity contribution >= 4 is 39.1 Å². The van der Waals surface area contributed by atoms with E-state index in [-0.39, 0.29) is 5.91 Å². The number of benzene rings is 2. The minimum atomic E-state index is -0.477. The first-order valence-corrected chi connectivity index (χ1v) is 12.5. The number of nitrogens with zero attached hydrogens (tertiary/aromatic N) is 1. The normalized spacial score (nSPS) is 11.0. The molecule has 6 nitrogen and oxygen atoms in total. The number of aryl methyl sites for hydroxylation is 4. The molecule has 4 aromatic rings. The van der Waals surface area contributed by atoms with Gasteiger partial charge in [-0.1, -0.05) is 29.8 Å². The highest BCUT2D eigenvalue weighted by atomic mass is 32.1. The molecular weight excluding hydrogens is 460 g/mol. The molecule has 7 heteroatoms. The number of carbonyl (C=O) groups is 2. The van der Waals surface area contributed by atoms with E-state index in [1.807, 2.05) is 81.7 Å². The van der Waals surface area contributed by atoms with Crippen LogP contribution in [-0.2, 0) is 11.3 Å². The van der Waals surface area contributed by atoms with Crippen LogP contribution in [0.1, 0.15) is 50.7 Å². The van der Waals surface area contributed by atoms with Crippen LogP contribution in [0.15, 0.2) is 42.5 Å². The standard InChI is InChI=1S/C28H30N2O4S/c1-7-30-22-14-13-20(34-8-2)15-21(22)17(4)25(30)26(31)29-27-24(28(32)33-6)23(18(5)35-27)19-11-9-16(3)10-12-19/h9-15H,7-8H2,1-6H3,(H,29,31). The van der Waals surface area contributed by atoms with Gasteiger partial charge in [0.25, 0.3) is 5.91 Å². The maximum Gasteiger partial charge on any atom is 0.341 e. The van der Waals surface area contributed by atoms with Gasteiger partial charge in [-0.3, -0.25) is 4.79 Å². The molecule has 2 heterocycles. The Morgan fingerprint density at radius 2 is 1.74 bits per heavy atom. The molecule has 182 valence electrons. The van der Waals surface area contributed by atoms with E-state index < -0.39 is 5.97 Å². The van der Waals surface area contributed by atoms with Gasteiger partial charge in [0.1, 0.15) is 22.0 Å². The Kier molecular flexibility index (Phi) is 6.98. The molecule has 0 aliphatic rings. The largest absolute Gasteiger partial charge is 0.494 e. The Morgan fingerprint density at radius 3 is 2.37 bits per heavy atom. The van der Waals surface area contributed by atoms with E-state index in [4.69, 9.17) is 9.47 Å². The number of esters is 1. The second-order valence-electron chi connectivity index (χ2n) is 8.38. The summed E-state index contributed by atoms with van der Waals surface area (Å²) in [6.45, 7) is 11.1. The van der Waals surface area contributed by atoms with E-state index in [2.05, 4.69) is 5.32 Å². The number of fused-ring (bicyclic) bond motifs is 1. The SMILES string of the molecule is CCOc1ccc2c(c1)c(C)c(C(=O)Nc1sc(C)c(-c3ccc(C)cc3)c1C(=O)OC)n2CC. The fraction of sp³-hybridized carbons (Fsp3) is 0.286. The van der Waals surface area contributed by atoms with Gasteiger partial charge in [0, 0.05) is 27.9 Å². The molecule has 0 aliphatic carbocycles. The predicted molar refractivity (Wildman–Crippen MR) is 142 cm³/mol. The Labute approximate surface area is 209 Å². The molecule has 2 aromatic heterocycles. The highest BCUT2D eigenvalue weighted by molar-refractivity contribution is 7.17. The first-order valence-electron chi connectivity index (χ1n) is 11.7. The Hall–Kier alpha value is -3.58. The first kappa shape index (κ1) is 24.5. The zero-order valence-electron chi connectivity index (χ0n) is 20.9. The quantitative estimate of drug-likeness (QED) is 0.291. The van der Waals surface area contributed by atoms with Gasteiger partial charge in [0.05, 0.1) is 13.7 Å². The van der Waals surface area contributed by atoms with Crippen LogP contribution >= 0.6 is 11.3 Å². The van der Waals surface area contributed by atoms with Gasteiger partial charge in [-0.2, -0.15) is 0 Å². The van der Waals surface area contributed by atoms with Crippen molar-refractivity contribution in [2.24, 2.45) is 0 Å². The summed E-state index contributed by atoms with van der Waals surface area (Å²) in [5.41, 5.74) is 5.60. The lowest BCUT2D eigenvalue weighted by Crippen LogP contribution is -2.19. The van der Waals surface area contributed by atoms with E-state index in [1.165, 1.54) is 18.4 Å². The maximum absolute atomic E-state index is 13.7. The Morgan fingerprint density at radius 1 is 1.03 bits per heavy atom. The van der Waals surface area contributed by atoms with Gasteiger partial charge >= 0.3 is 5.97 Å². The Balaban J connectivity index is 1.80. The van der Waals surface area contributed by atoms with Crippen molar-refractivity contribution in [2.75, 3.05) is 19.0 Å². The zero-order chi connectivity index (χ0) is 25.3. The third kappa shape index (κ3) is 4.44. The second-order valence-corrected chi connectivity index (χ2v) is 9.60. The molecule has 1 N–H and O–H groups in total. The molecule has 1 amide bonds. The fourth-order valence-electron chi connectivity index (χ4n) is 4.54. The summed E-state index contributed by atoms with van der Waals surface area (Å²) in [6, 6.07) is 13.9. The van der Waals surface area contributed by atoms with E-state index in [0.29, 0.717) is 29.4 Å². The lowest BCUT2D eigenvalue weighted by Gasteiger charge is -2.11. The number of methoxy groups -OCH3 is 1.